The maximum Gasteiger partial charge on any atom is 0.166 e. The normalized spacial score (nSPS) is 11.8. The number of hydrogen-bond donors (Lipinski definition) is 0. The highest BCUT2D eigenvalue weighted by Crippen LogP contribution is 2.19. The summed E-state index contributed by atoms with van der Waals surface area (Å²) < 4.78 is 12.9. The smallest absolute Gasteiger partial charge is 0.166 e. The molecule has 0 aliphatic carbocycles. The molecule has 0 fully saturated rings. The van der Waals surface area contributed by atoms with E-state index in [4.69, 9.17) is 0 Å². The topological polar surface area (TPSA) is 17.1 Å². The van der Waals surface area contributed by atoms with Crippen LogP contribution in [0.4, 0.5) is 4.39 Å². The van der Waals surface area contributed by atoms with Crippen LogP contribution in [0.5, 0.6) is 0 Å². The van der Waals surface area contributed by atoms with E-state index in [1.54, 1.807) is 18.2 Å². The number of carbonyl (C=O) groups is 1. The van der Waals surface area contributed by atoms with Crippen LogP contribution in [0.3, 0.4) is 0 Å². The Hall–Kier alpha value is -2.22. The molecular weight excluding hydrogens is 251 g/mol. The van der Waals surface area contributed by atoms with E-state index in [0.717, 1.165) is 5.56 Å². The predicted molar refractivity (Wildman–Crippen MR) is 79.2 cm³/mol. The van der Waals surface area contributed by atoms with Crippen molar-refractivity contribution in [1.29, 1.82) is 0 Å². The van der Waals surface area contributed by atoms with Crippen molar-refractivity contribution in [3.05, 3.63) is 84.2 Å². The van der Waals surface area contributed by atoms with Crippen LogP contribution in [0.2, 0.25) is 0 Å². The average Bonchev–Trinajstić information content (AvgIpc) is 2.48. The zero-order valence-corrected chi connectivity index (χ0v) is 11.3. The molecule has 0 spiro atoms. The highest BCUT2D eigenvalue weighted by Gasteiger charge is 2.19. The summed E-state index contributed by atoms with van der Waals surface area (Å²) in [6.45, 7) is 3.72. The largest absolute Gasteiger partial charge is 0.294 e. The standard InChI is InChI=1S/C18H17FO/c1-2-6-16(13-14-7-4-3-5-8-14)18(20)15-9-11-17(19)12-10-15/h2-5,7-12,16H,1,6,13H2. The van der Waals surface area contributed by atoms with E-state index in [2.05, 4.69) is 6.58 Å². The Labute approximate surface area is 118 Å². The lowest BCUT2D eigenvalue weighted by molar-refractivity contribution is 0.0920. The first kappa shape index (κ1) is 14.2. The van der Waals surface area contributed by atoms with Crippen molar-refractivity contribution in [1.82, 2.24) is 0 Å². The molecule has 2 heteroatoms. The van der Waals surface area contributed by atoms with E-state index in [9.17, 15) is 9.18 Å². The number of benzene rings is 2. The third-order valence-corrected chi connectivity index (χ3v) is 3.28. The van der Waals surface area contributed by atoms with Crippen molar-refractivity contribution in [3.63, 3.8) is 0 Å². The maximum atomic E-state index is 12.9. The van der Waals surface area contributed by atoms with Crippen LogP contribution in [0.15, 0.2) is 67.3 Å². The van der Waals surface area contributed by atoms with E-state index >= 15 is 0 Å². The molecule has 0 aromatic heterocycles. The molecule has 1 atom stereocenters. The third kappa shape index (κ3) is 3.64. The summed E-state index contributed by atoms with van der Waals surface area (Å²) in [5.74, 6) is -0.445. The van der Waals surface area contributed by atoms with Gasteiger partial charge in [0.1, 0.15) is 5.82 Å². The summed E-state index contributed by atoms with van der Waals surface area (Å²) in [5, 5.41) is 0. The van der Waals surface area contributed by atoms with Crippen LogP contribution < -0.4 is 0 Å². The predicted octanol–water partition coefficient (Wildman–Crippen LogP) is 4.44. The van der Waals surface area contributed by atoms with E-state index in [-0.39, 0.29) is 17.5 Å². The van der Waals surface area contributed by atoms with Crippen molar-refractivity contribution >= 4 is 5.78 Å². The van der Waals surface area contributed by atoms with Crippen LogP contribution >= 0.6 is 0 Å². The quantitative estimate of drug-likeness (QED) is 0.559. The van der Waals surface area contributed by atoms with Gasteiger partial charge < -0.3 is 0 Å². The van der Waals surface area contributed by atoms with Crippen molar-refractivity contribution in [2.75, 3.05) is 0 Å². The molecule has 0 heterocycles. The first-order chi connectivity index (χ1) is 9.70. The SMILES string of the molecule is C=CCC(Cc1ccccc1)C(=O)c1ccc(F)cc1. The molecule has 0 bridgehead atoms. The van der Waals surface area contributed by atoms with Crippen LogP contribution in [0.25, 0.3) is 0 Å². The minimum absolute atomic E-state index is 0.0359. The Morgan fingerprint density at radius 1 is 1.10 bits per heavy atom. The van der Waals surface area contributed by atoms with Crippen LogP contribution in [-0.4, -0.2) is 5.78 Å². The molecular formula is C18H17FO. The van der Waals surface area contributed by atoms with Gasteiger partial charge in [0, 0.05) is 11.5 Å². The second-order valence-corrected chi connectivity index (χ2v) is 4.78. The fourth-order valence-corrected chi connectivity index (χ4v) is 2.23. The number of rotatable bonds is 6. The van der Waals surface area contributed by atoms with Gasteiger partial charge in [-0.25, -0.2) is 4.39 Å². The molecule has 1 unspecified atom stereocenters. The first-order valence-electron chi connectivity index (χ1n) is 6.65. The minimum Gasteiger partial charge on any atom is -0.294 e. The number of carbonyl (C=O) groups excluding carboxylic acids is 1. The van der Waals surface area contributed by atoms with Gasteiger partial charge in [-0.15, -0.1) is 6.58 Å². The summed E-state index contributed by atoms with van der Waals surface area (Å²) in [7, 11) is 0. The van der Waals surface area contributed by atoms with E-state index in [1.807, 2.05) is 30.3 Å². The van der Waals surface area contributed by atoms with Crippen molar-refractivity contribution in [3.8, 4) is 0 Å². The maximum absolute atomic E-state index is 12.9. The lowest BCUT2D eigenvalue weighted by atomic mass is 9.89. The molecule has 102 valence electrons. The van der Waals surface area contributed by atoms with Crippen molar-refractivity contribution in [2.24, 2.45) is 5.92 Å². The third-order valence-electron chi connectivity index (χ3n) is 3.28. The Balaban J connectivity index is 2.17. The van der Waals surface area contributed by atoms with E-state index in [0.29, 0.717) is 18.4 Å². The van der Waals surface area contributed by atoms with Gasteiger partial charge in [-0.1, -0.05) is 36.4 Å². The van der Waals surface area contributed by atoms with Gasteiger partial charge in [-0.2, -0.15) is 0 Å². The van der Waals surface area contributed by atoms with Crippen LogP contribution in [-0.2, 0) is 6.42 Å². The first-order valence-corrected chi connectivity index (χ1v) is 6.65. The van der Waals surface area contributed by atoms with Gasteiger partial charge in [-0.05, 0) is 42.7 Å². The number of halogens is 1. The zero-order chi connectivity index (χ0) is 14.4. The second kappa shape index (κ2) is 6.80. The van der Waals surface area contributed by atoms with E-state index < -0.39 is 0 Å². The fourth-order valence-electron chi connectivity index (χ4n) is 2.23. The molecule has 2 rings (SSSR count). The van der Waals surface area contributed by atoms with Crippen LogP contribution in [0.1, 0.15) is 22.3 Å². The lowest BCUT2D eigenvalue weighted by Crippen LogP contribution is -2.17. The molecule has 0 aliphatic rings. The molecule has 0 saturated carbocycles. The van der Waals surface area contributed by atoms with Gasteiger partial charge in [0.05, 0.1) is 0 Å². The fraction of sp³-hybridized carbons (Fsp3) is 0.167. The molecule has 2 aromatic carbocycles. The number of hydrogen-bond acceptors (Lipinski definition) is 1. The molecule has 0 saturated heterocycles. The molecule has 0 N–H and O–H groups in total. The van der Waals surface area contributed by atoms with E-state index in [1.165, 1.54) is 12.1 Å². The Bertz CT molecular complexity index is 572. The Morgan fingerprint density at radius 3 is 2.35 bits per heavy atom. The molecule has 1 nitrogen and oxygen atoms in total. The minimum atomic E-state index is -0.329. The Morgan fingerprint density at radius 2 is 1.75 bits per heavy atom. The molecule has 0 amide bonds. The second-order valence-electron chi connectivity index (χ2n) is 4.78. The summed E-state index contributed by atoms with van der Waals surface area (Å²) in [6.07, 6.45) is 3.04. The highest BCUT2D eigenvalue weighted by molar-refractivity contribution is 5.98. The average molecular weight is 268 g/mol. The zero-order valence-electron chi connectivity index (χ0n) is 11.3. The van der Waals surface area contributed by atoms with Gasteiger partial charge in [0.25, 0.3) is 0 Å². The summed E-state index contributed by atoms with van der Waals surface area (Å²) in [4.78, 5) is 12.5. The lowest BCUT2D eigenvalue weighted by Gasteiger charge is -2.14. The summed E-state index contributed by atoms with van der Waals surface area (Å²) in [6, 6.07) is 15.6. The monoisotopic (exact) mass is 268 g/mol. The van der Waals surface area contributed by atoms with Gasteiger partial charge in [0.2, 0.25) is 0 Å². The van der Waals surface area contributed by atoms with Gasteiger partial charge in [0.15, 0.2) is 5.78 Å². The number of Topliss-reactive ketones (excluding diaryl/α,β-unsaturated/α-hetero) is 1. The summed E-state index contributed by atoms with van der Waals surface area (Å²) in [5.41, 5.74) is 1.67. The van der Waals surface area contributed by atoms with Crippen molar-refractivity contribution in [2.45, 2.75) is 12.8 Å². The molecule has 0 radical (unpaired) electrons. The highest BCUT2D eigenvalue weighted by atomic mass is 19.1. The Kier molecular flexibility index (Phi) is 4.83. The molecule has 0 aliphatic heterocycles. The number of allylic oxidation sites excluding steroid dienone is 1. The van der Waals surface area contributed by atoms with Crippen molar-refractivity contribution < 1.29 is 9.18 Å². The summed E-state index contributed by atoms with van der Waals surface area (Å²) >= 11 is 0. The van der Waals surface area contributed by atoms with Crippen LogP contribution in [0, 0.1) is 11.7 Å². The van der Waals surface area contributed by atoms with Gasteiger partial charge >= 0.3 is 0 Å². The molecule has 2 aromatic rings. The van der Waals surface area contributed by atoms with Gasteiger partial charge in [-0.3, -0.25) is 4.79 Å². The number of ketones is 1. The molecule has 20 heavy (non-hydrogen) atoms.